The summed E-state index contributed by atoms with van der Waals surface area (Å²) in [4.78, 5) is 27.5. The predicted molar refractivity (Wildman–Crippen MR) is 119 cm³/mol. The van der Waals surface area contributed by atoms with Crippen LogP contribution in [0.3, 0.4) is 0 Å². The van der Waals surface area contributed by atoms with Crippen LogP contribution in [0.2, 0.25) is 0 Å². The Kier molecular flexibility index (Phi) is 6.12. The molecular formula is C25H34N2O5. The first-order chi connectivity index (χ1) is 15.6. The fourth-order valence-electron chi connectivity index (χ4n) is 6.21. The normalized spacial score (nSPS) is 36.0. The maximum Gasteiger partial charge on any atom is 0.246 e. The number of carbonyl (C=O) groups is 2. The average Bonchev–Trinajstić information content (AvgIpc) is 3.04. The number of amides is 2. The molecule has 3 atom stereocenters. The first-order valence-electron chi connectivity index (χ1n) is 12.1. The molecule has 4 aliphatic heterocycles. The molecule has 1 saturated carbocycles. The Labute approximate surface area is 189 Å². The lowest BCUT2D eigenvalue weighted by molar-refractivity contribution is -0.144. The number of ether oxygens (including phenoxy) is 3. The van der Waals surface area contributed by atoms with Crippen LogP contribution in [0.4, 0.5) is 0 Å². The molecule has 2 unspecified atom stereocenters. The van der Waals surface area contributed by atoms with Crippen molar-refractivity contribution in [3.8, 4) is 5.75 Å². The minimum Gasteiger partial charge on any atom is -0.493 e. The quantitative estimate of drug-likeness (QED) is 0.669. The first kappa shape index (κ1) is 21.7. The Morgan fingerprint density at radius 2 is 1.94 bits per heavy atom. The lowest BCUT2D eigenvalue weighted by Crippen LogP contribution is -2.65. The Morgan fingerprint density at radius 3 is 2.75 bits per heavy atom. The summed E-state index contributed by atoms with van der Waals surface area (Å²) in [6.45, 7) is 3.52. The van der Waals surface area contributed by atoms with Gasteiger partial charge in [-0.1, -0.05) is 18.2 Å². The van der Waals surface area contributed by atoms with E-state index in [1.165, 1.54) is 5.56 Å². The van der Waals surface area contributed by atoms with E-state index < -0.39 is 5.54 Å². The van der Waals surface area contributed by atoms with E-state index in [1.807, 2.05) is 17.0 Å². The van der Waals surface area contributed by atoms with Gasteiger partial charge in [0.2, 0.25) is 11.8 Å². The van der Waals surface area contributed by atoms with Gasteiger partial charge in [0.25, 0.3) is 0 Å². The number of nitrogens with zero attached hydrogens (tertiary/aromatic N) is 1. The number of rotatable bonds is 0. The van der Waals surface area contributed by atoms with Crippen molar-refractivity contribution in [3.05, 3.63) is 29.8 Å². The summed E-state index contributed by atoms with van der Waals surface area (Å²) in [5.41, 5.74) is 0.713. The van der Waals surface area contributed by atoms with E-state index in [0.717, 1.165) is 31.4 Å². The van der Waals surface area contributed by atoms with Crippen LogP contribution in [-0.4, -0.2) is 66.9 Å². The fourth-order valence-corrected chi connectivity index (χ4v) is 6.21. The third-order valence-corrected chi connectivity index (χ3v) is 7.69. The summed E-state index contributed by atoms with van der Waals surface area (Å²) in [7, 11) is 0. The highest BCUT2D eigenvalue weighted by atomic mass is 16.5. The second kappa shape index (κ2) is 9.02. The Morgan fingerprint density at radius 1 is 1.12 bits per heavy atom. The van der Waals surface area contributed by atoms with Crippen molar-refractivity contribution in [1.82, 2.24) is 10.2 Å². The topological polar surface area (TPSA) is 77.1 Å². The molecule has 7 nitrogen and oxygen atoms in total. The van der Waals surface area contributed by atoms with Gasteiger partial charge in [-0.3, -0.25) is 9.59 Å². The van der Waals surface area contributed by atoms with Crippen molar-refractivity contribution >= 4 is 11.8 Å². The molecule has 2 amide bonds. The van der Waals surface area contributed by atoms with Gasteiger partial charge in [0.15, 0.2) is 0 Å². The molecule has 0 radical (unpaired) electrons. The summed E-state index contributed by atoms with van der Waals surface area (Å²) >= 11 is 0. The number of morpholine rings is 1. The number of benzene rings is 1. The molecule has 3 fully saturated rings. The average molecular weight is 443 g/mol. The van der Waals surface area contributed by atoms with E-state index in [4.69, 9.17) is 14.2 Å². The third kappa shape index (κ3) is 4.13. The molecule has 4 heterocycles. The van der Waals surface area contributed by atoms with Gasteiger partial charge < -0.3 is 24.4 Å². The van der Waals surface area contributed by atoms with Gasteiger partial charge in [-0.2, -0.15) is 0 Å². The molecule has 0 aromatic heterocycles. The molecule has 2 saturated heterocycles. The summed E-state index contributed by atoms with van der Waals surface area (Å²) < 4.78 is 18.2. The van der Waals surface area contributed by atoms with Crippen LogP contribution < -0.4 is 10.1 Å². The van der Waals surface area contributed by atoms with Crippen LogP contribution in [0.1, 0.15) is 63.4 Å². The zero-order chi connectivity index (χ0) is 22.1. The number of hydrogen-bond acceptors (Lipinski definition) is 5. The molecule has 1 aromatic rings. The molecule has 1 aliphatic carbocycles. The van der Waals surface area contributed by atoms with Gasteiger partial charge in [-0.05, 0) is 63.0 Å². The van der Waals surface area contributed by atoms with Crippen LogP contribution in [0.25, 0.3) is 0 Å². The molecule has 5 aliphatic rings. The first-order valence-corrected chi connectivity index (χ1v) is 12.1. The van der Waals surface area contributed by atoms with E-state index in [-0.39, 0.29) is 36.6 Å². The van der Waals surface area contributed by atoms with Gasteiger partial charge in [0, 0.05) is 12.5 Å². The Hall–Kier alpha value is -2.12. The maximum atomic E-state index is 13.3. The van der Waals surface area contributed by atoms with E-state index in [1.54, 1.807) is 0 Å². The Balaban J connectivity index is 1.40. The molecule has 7 heteroatoms. The molecule has 6 rings (SSSR count). The van der Waals surface area contributed by atoms with E-state index in [2.05, 4.69) is 24.4 Å². The zero-order valence-corrected chi connectivity index (χ0v) is 18.9. The number of fused-ring (bicyclic) bond motifs is 7. The van der Waals surface area contributed by atoms with Crippen LogP contribution in [-0.2, 0) is 19.1 Å². The predicted octanol–water partition coefficient (Wildman–Crippen LogP) is 2.78. The van der Waals surface area contributed by atoms with Gasteiger partial charge in [0.1, 0.15) is 12.4 Å². The van der Waals surface area contributed by atoms with E-state index >= 15 is 0 Å². The smallest absolute Gasteiger partial charge is 0.246 e. The summed E-state index contributed by atoms with van der Waals surface area (Å²) in [6.07, 6.45) is 6.06. The molecule has 1 spiro atoms. The van der Waals surface area contributed by atoms with Crippen molar-refractivity contribution in [1.29, 1.82) is 0 Å². The number of hydrogen-bond donors (Lipinski definition) is 1. The number of para-hydroxylation sites is 1. The maximum absolute atomic E-state index is 13.3. The van der Waals surface area contributed by atoms with Crippen molar-refractivity contribution in [3.63, 3.8) is 0 Å². The van der Waals surface area contributed by atoms with Crippen LogP contribution in [0, 0.1) is 0 Å². The Bertz CT molecular complexity index is 852. The lowest BCUT2D eigenvalue weighted by Gasteiger charge is -2.41. The van der Waals surface area contributed by atoms with Crippen LogP contribution in [0.5, 0.6) is 5.75 Å². The van der Waals surface area contributed by atoms with Gasteiger partial charge in [-0.15, -0.1) is 0 Å². The highest BCUT2D eigenvalue weighted by Gasteiger charge is 2.55. The number of nitrogens with one attached hydrogen (secondary N) is 1. The van der Waals surface area contributed by atoms with Crippen LogP contribution >= 0.6 is 0 Å². The van der Waals surface area contributed by atoms with Crippen molar-refractivity contribution < 1.29 is 23.8 Å². The third-order valence-electron chi connectivity index (χ3n) is 7.69. The second-order valence-corrected chi connectivity index (χ2v) is 9.86. The lowest BCUT2D eigenvalue weighted by atomic mass is 9.82. The SMILES string of the molecule is C[C@@H]1CC2(COCC(=O)N2)C2COC3CCC(CC3)c3ccccc3OCCCC(=O)N21. The largest absolute Gasteiger partial charge is 0.493 e. The molecule has 1 aromatic carbocycles. The summed E-state index contributed by atoms with van der Waals surface area (Å²) in [6, 6.07) is 8.13. The molecule has 2 bridgehead atoms. The van der Waals surface area contributed by atoms with Gasteiger partial charge >= 0.3 is 0 Å². The van der Waals surface area contributed by atoms with Gasteiger partial charge in [-0.25, -0.2) is 0 Å². The number of carbonyl (C=O) groups excluding carboxylic acids is 2. The molecule has 1 N–H and O–H groups in total. The minimum absolute atomic E-state index is 0.0196. The fraction of sp³-hybridized carbons (Fsp3) is 0.680. The zero-order valence-electron chi connectivity index (χ0n) is 18.9. The molecule has 174 valence electrons. The summed E-state index contributed by atoms with van der Waals surface area (Å²) in [5.74, 6) is 1.42. The highest BCUT2D eigenvalue weighted by molar-refractivity contribution is 5.81. The van der Waals surface area contributed by atoms with E-state index in [0.29, 0.717) is 45.0 Å². The molecule has 32 heavy (non-hydrogen) atoms. The minimum atomic E-state index is -0.567. The van der Waals surface area contributed by atoms with E-state index in [9.17, 15) is 9.59 Å². The molecular weight excluding hydrogens is 408 g/mol. The van der Waals surface area contributed by atoms with Gasteiger partial charge in [0.05, 0.1) is 37.5 Å². The van der Waals surface area contributed by atoms with Crippen molar-refractivity contribution in [2.45, 2.75) is 81.5 Å². The van der Waals surface area contributed by atoms with Crippen molar-refractivity contribution in [2.24, 2.45) is 0 Å². The monoisotopic (exact) mass is 442 g/mol. The second-order valence-electron chi connectivity index (χ2n) is 9.86. The van der Waals surface area contributed by atoms with Crippen LogP contribution in [0.15, 0.2) is 24.3 Å². The highest BCUT2D eigenvalue weighted by Crippen LogP contribution is 2.40. The standard InChI is InChI=1S/C25H34N2O5/c1-17-13-25(16-30-15-23(28)26-25)22-14-32-19-10-8-18(9-11-19)20-5-2-3-6-21(20)31-12-4-7-24(29)27(17)22/h2-3,5-6,17-19,22H,4,7-16H2,1H3,(H,26,28)/t17-,18?,19?,22?,25?/m1/s1. The van der Waals surface area contributed by atoms with Crippen molar-refractivity contribution in [2.75, 3.05) is 26.4 Å². The summed E-state index contributed by atoms with van der Waals surface area (Å²) in [5, 5.41) is 3.18.